The number of imidazole rings is 1. The minimum absolute atomic E-state index is 0.308. The molecule has 0 bridgehead atoms. The van der Waals surface area contributed by atoms with Crippen LogP contribution in [0.3, 0.4) is 0 Å². The van der Waals surface area contributed by atoms with Gasteiger partial charge in [0.1, 0.15) is 11.6 Å². The molecule has 0 spiro atoms. The lowest BCUT2D eigenvalue weighted by molar-refractivity contribution is 0.414. The van der Waals surface area contributed by atoms with Crippen molar-refractivity contribution >= 4 is 11.0 Å². The molecule has 4 nitrogen and oxygen atoms in total. The Balaban J connectivity index is 1.79. The van der Waals surface area contributed by atoms with E-state index in [1.807, 2.05) is 48.5 Å². The molecule has 3 aromatic carbocycles. The maximum absolute atomic E-state index is 6.60. The Morgan fingerprint density at radius 2 is 1.62 bits per heavy atom. The van der Waals surface area contributed by atoms with Crippen molar-refractivity contribution in [3.8, 4) is 5.75 Å². The van der Waals surface area contributed by atoms with Gasteiger partial charge in [-0.15, -0.1) is 0 Å². The second-order valence-electron chi connectivity index (χ2n) is 6.28. The molecular formula is C22H21N3O. The first-order valence-electron chi connectivity index (χ1n) is 8.65. The van der Waals surface area contributed by atoms with Crippen molar-refractivity contribution in [1.29, 1.82) is 0 Å². The highest BCUT2D eigenvalue weighted by atomic mass is 16.5. The summed E-state index contributed by atoms with van der Waals surface area (Å²) in [5.74, 6) is 1.68. The molecule has 1 heterocycles. The fourth-order valence-electron chi connectivity index (χ4n) is 3.22. The molecule has 0 aliphatic carbocycles. The molecule has 0 aliphatic rings. The van der Waals surface area contributed by atoms with Gasteiger partial charge >= 0.3 is 0 Å². The van der Waals surface area contributed by atoms with Crippen LogP contribution in [-0.4, -0.2) is 16.7 Å². The van der Waals surface area contributed by atoms with Crippen molar-refractivity contribution < 1.29 is 4.74 Å². The summed E-state index contributed by atoms with van der Waals surface area (Å²) in [5.41, 5.74) is 10.9. The first kappa shape index (κ1) is 16.4. The highest BCUT2D eigenvalue weighted by Gasteiger charge is 2.19. The Morgan fingerprint density at radius 3 is 2.35 bits per heavy atom. The van der Waals surface area contributed by atoms with E-state index in [1.54, 1.807) is 7.11 Å². The lowest BCUT2D eigenvalue weighted by atomic mass is 10.1. The Labute approximate surface area is 152 Å². The van der Waals surface area contributed by atoms with Gasteiger partial charge in [-0.05, 0) is 35.4 Å². The number of nitrogens with two attached hydrogens (primary N) is 1. The van der Waals surface area contributed by atoms with E-state index in [4.69, 9.17) is 15.5 Å². The molecule has 4 rings (SSSR count). The third-order valence-electron chi connectivity index (χ3n) is 4.62. The number of fused-ring (bicyclic) bond motifs is 1. The van der Waals surface area contributed by atoms with Crippen molar-refractivity contribution in [2.75, 3.05) is 7.11 Å². The van der Waals surface area contributed by atoms with Crippen LogP contribution < -0.4 is 10.5 Å². The van der Waals surface area contributed by atoms with Crippen LogP contribution >= 0.6 is 0 Å². The molecule has 0 amide bonds. The zero-order valence-electron chi connectivity index (χ0n) is 14.7. The number of methoxy groups -OCH3 is 1. The standard InChI is InChI=1S/C22H21N3O/c1-26-18-13-11-17(12-14-18)21(23)22-24-19-9-5-6-10-20(19)25(22)15-16-7-3-2-4-8-16/h2-14,21H,15,23H2,1H3. The highest BCUT2D eigenvalue weighted by molar-refractivity contribution is 5.76. The van der Waals surface area contributed by atoms with Gasteiger partial charge in [-0.25, -0.2) is 4.98 Å². The van der Waals surface area contributed by atoms with Gasteiger partial charge in [0, 0.05) is 6.54 Å². The molecule has 0 aliphatic heterocycles. The monoisotopic (exact) mass is 343 g/mol. The molecule has 4 heteroatoms. The van der Waals surface area contributed by atoms with E-state index in [-0.39, 0.29) is 6.04 Å². The second-order valence-corrected chi connectivity index (χ2v) is 6.28. The molecule has 0 saturated carbocycles. The van der Waals surface area contributed by atoms with Gasteiger partial charge in [0.05, 0.1) is 24.2 Å². The Morgan fingerprint density at radius 1 is 0.923 bits per heavy atom. The summed E-state index contributed by atoms with van der Waals surface area (Å²) in [6, 6.07) is 26.1. The third-order valence-corrected chi connectivity index (χ3v) is 4.62. The maximum Gasteiger partial charge on any atom is 0.131 e. The van der Waals surface area contributed by atoms with Gasteiger partial charge in [0.2, 0.25) is 0 Å². The van der Waals surface area contributed by atoms with Gasteiger partial charge in [-0.1, -0.05) is 54.6 Å². The van der Waals surface area contributed by atoms with Crippen molar-refractivity contribution in [2.45, 2.75) is 12.6 Å². The first-order chi connectivity index (χ1) is 12.8. The molecule has 2 N–H and O–H groups in total. The molecule has 26 heavy (non-hydrogen) atoms. The number of para-hydroxylation sites is 2. The molecular weight excluding hydrogens is 322 g/mol. The van der Waals surface area contributed by atoms with Gasteiger partial charge in [-0.2, -0.15) is 0 Å². The number of benzene rings is 3. The van der Waals surface area contributed by atoms with Crippen LogP contribution in [-0.2, 0) is 6.54 Å². The summed E-state index contributed by atoms with van der Waals surface area (Å²) >= 11 is 0. The summed E-state index contributed by atoms with van der Waals surface area (Å²) < 4.78 is 7.45. The summed E-state index contributed by atoms with van der Waals surface area (Å²) in [6.45, 7) is 0.737. The zero-order chi connectivity index (χ0) is 17.9. The van der Waals surface area contributed by atoms with E-state index in [0.29, 0.717) is 0 Å². The normalized spacial score (nSPS) is 12.2. The maximum atomic E-state index is 6.60. The van der Waals surface area contributed by atoms with E-state index in [9.17, 15) is 0 Å². The van der Waals surface area contributed by atoms with Crippen LogP contribution in [0.5, 0.6) is 5.75 Å². The summed E-state index contributed by atoms with van der Waals surface area (Å²) in [4.78, 5) is 4.83. The van der Waals surface area contributed by atoms with Gasteiger partial charge in [0.25, 0.3) is 0 Å². The van der Waals surface area contributed by atoms with Gasteiger partial charge in [0.15, 0.2) is 0 Å². The zero-order valence-corrected chi connectivity index (χ0v) is 14.7. The third kappa shape index (κ3) is 3.07. The molecule has 1 aromatic heterocycles. The number of hydrogen-bond donors (Lipinski definition) is 1. The topological polar surface area (TPSA) is 53.1 Å². The number of nitrogens with zero attached hydrogens (tertiary/aromatic N) is 2. The van der Waals surface area contributed by atoms with E-state index in [2.05, 4.69) is 34.9 Å². The molecule has 0 fully saturated rings. The van der Waals surface area contributed by atoms with Crippen LogP contribution in [0, 0.1) is 0 Å². The van der Waals surface area contributed by atoms with Crippen LogP contribution in [0.15, 0.2) is 78.9 Å². The predicted octanol–water partition coefficient (Wildman–Crippen LogP) is 4.14. The lowest BCUT2D eigenvalue weighted by Gasteiger charge is -2.16. The van der Waals surface area contributed by atoms with Crippen molar-refractivity contribution in [2.24, 2.45) is 5.73 Å². The number of hydrogen-bond acceptors (Lipinski definition) is 3. The highest BCUT2D eigenvalue weighted by Crippen LogP contribution is 2.26. The quantitative estimate of drug-likeness (QED) is 0.592. The molecule has 4 aromatic rings. The van der Waals surface area contributed by atoms with E-state index >= 15 is 0 Å². The van der Waals surface area contributed by atoms with Crippen LogP contribution in [0.25, 0.3) is 11.0 Å². The predicted molar refractivity (Wildman–Crippen MR) is 104 cm³/mol. The molecule has 0 saturated heterocycles. The van der Waals surface area contributed by atoms with E-state index in [0.717, 1.165) is 34.7 Å². The fourth-order valence-corrected chi connectivity index (χ4v) is 3.22. The summed E-state index contributed by atoms with van der Waals surface area (Å²) in [7, 11) is 1.66. The van der Waals surface area contributed by atoms with E-state index < -0.39 is 0 Å². The number of rotatable bonds is 5. The smallest absolute Gasteiger partial charge is 0.131 e. The second kappa shape index (κ2) is 7.02. The van der Waals surface area contributed by atoms with Crippen LogP contribution in [0.2, 0.25) is 0 Å². The van der Waals surface area contributed by atoms with Gasteiger partial charge in [-0.3, -0.25) is 0 Å². The van der Waals surface area contributed by atoms with Crippen molar-refractivity contribution in [1.82, 2.24) is 9.55 Å². The molecule has 130 valence electrons. The molecule has 1 atom stereocenters. The lowest BCUT2D eigenvalue weighted by Crippen LogP contribution is -2.18. The largest absolute Gasteiger partial charge is 0.497 e. The summed E-state index contributed by atoms with van der Waals surface area (Å²) in [6.07, 6.45) is 0. The minimum Gasteiger partial charge on any atom is -0.497 e. The average Bonchev–Trinajstić information content (AvgIpc) is 3.07. The van der Waals surface area contributed by atoms with Crippen molar-refractivity contribution in [3.05, 3.63) is 95.8 Å². The van der Waals surface area contributed by atoms with Crippen molar-refractivity contribution in [3.63, 3.8) is 0 Å². The fraction of sp³-hybridized carbons (Fsp3) is 0.136. The Hall–Kier alpha value is -3.11. The first-order valence-corrected chi connectivity index (χ1v) is 8.65. The van der Waals surface area contributed by atoms with Crippen LogP contribution in [0.1, 0.15) is 23.0 Å². The van der Waals surface area contributed by atoms with Crippen LogP contribution in [0.4, 0.5) is 0 Å². The number of ether oxygens (including phenoxy) is 1. The molecule has 1 unspecified atom stereocenters. The summed E-state index contributed by atoms with van der Waals surface area (Å²) in [5, 5.41) is 0. The minimum atomic E-state index is -0.308. The Bertz CT molecular complexity index is 1010. The SMILES string of the molecule is COc1ccc(C(N)c2nc3ccccc3n2Cc2ccccc2)cc1. The van der Waals surface area contributed by atoms with Gasteiger partial charge < -0.3 is 15.0 Å². The van der Waals surface area contributed by atoms with E-state index in [1.165, 1.54) is 5.56 Å². The Kier molecular flexibility index (Phi) is 4.42. The number of aromatic nitrogens is 2. The molecule has 0 radical (unpaired) electrons. The average molecular weight is 343 g/mol.